The fourth-order valence-electron chi connectivity index (χ4n) is 5.90. The van der Waals surface area contributed by atoms with E-state index in [-0.39, 0.29) is 0 Å². The zero-order valence-electron chi connectivity index (χ0n) is 20.6. The Balaban J connectivity index is 1.42. The molecule has 38 heavy (non-hydrogen) atoms. The number of para-hydroxylation sites is 1. The second kappa shape index (κ2) is 8.22. The lowest BCUT2D eigenvalue weighted by Gasteiger charge is -2.27. The highest BCUT2D eigenvalue weighted by Gasteiger charge is 2.19. The van der Waals surface area contributed by atoms with Gasteiger partial charge < -0.3 is 9.32 Å². The monoisotopic (exact) mass is 485 g/mol. The molecule has 0 N–H and O–H groups in total. The Bertz CT molecular complexity index is 2140. The molecule has 0 saturated carbocycles. The lowest BCUT2D eigenvalue weighted by atomic mass is 9.99. The van der Waals surface area contributed by atoms with Crippen molar-refractivity contribution in [2.45, 2.75) is 0 Å². The van der Waals surface area contributed by atoms with Crippen LogP contribution in [0.1, 0.15) is 0 Å². The topological polar surface area (TPSA) is 16.4 Å². The number of hydrogen-bond acceptors (Lipinski definition) is 2. The second-order valence-electron chi connectivity index (χ2n) is 9.78. The third-order valence-corrected chi connectivity index (χ3v) is 7.60. The Morgan fingerprint density at radius 2 is 1.08 bits per heavy atom. The first kappa shape index (κ1) is 21.0. The Hall–Kier alpha value is -5.08. The molecule has 1 heterocycles. The van der Waals surface area contributed by atoms with E-state index in [1.807, 2.05) is 0 Å². The van der Waals surface area contributed by atoms with Crippen LogP contribution in [-0.4, -0.2) is 0 Å². The highest BCUT2D eigenvalue weighted by atomic mass is 16.3. The van der Waals surface area contributed by atoms with E-state index < -0.39 is 0 Å². The van der Waals surface area contributed by atoms with E-state index >= 15 is 0 Å². The first-order valence-electron chi connectivity index (χ1n) is 12.9. The fraction of sp³-hybridized carbons (Fsp3) is 0. The van der Waals surface area contributed by atoms with E-state index in [2.05, 4.69) is 144 Å². The van der Waals surface area contributed by atoms with Crippen LogP contribution in [0, 0.1) is 0 Å². The summed E-state index contributed by atoms with van der Waals surface area (Å²) in [7, 11) is 0. The average Bonchev–Trinajstić information content (AvgIpc) is 3.36. The maximum Gasteiger partial charge on any atom is 0.137 e. The summed E-state index contributed by atoms with van der Waals surface area (Å²) in [6.45, 7) is 0. The summed E-state index contributed by atoms with van der Waals surface area (Å²) in [6.07, 6.45) is 0. The highest BCUT2D eigenvalue weighted by Crippen LogP contribution is 2.44. The van der Waals surface area contributed by atoms with E-state index in [9.17, 15) is 0 Å². The van der Waals surface area contributed by atoms with Gasteiger partial charge in [0.15, 0.2) is 0 Å². The zero-order valence-corrected chi connectivity index (χ0v) is 20.6. The van der Waals surface area contributed by atoms with Crippen LogP contribution in [-0.2, 0) is 0 Å². The molecule has 7 aromatic carbocycles. The Labute approximate surface area is 220 Å². The molecule has 0 aliphatic rings. The molecule has 8 aromatic rings. The van der Waals surface area contributed by atoms with Gasteiger partial charge in [0.25, 0.3) is 0 Å². The van der Waals surface area contributed by atoms with E-state index in [1.54, 1.807) is 0 Å². The third-order valence-electron chi connectivity index (χ3n) is 7.60. The number of anilines is 3. The van der Waals surface area contributed by atoms with Crippen molar-refractivity contribution < 1.29 is 4.42 Å². The predicted molar refractivity (Wildman–Crippen MR) is 161 cm³/mol. The van der Waals surface area contributed by atoms with Gasteiger partial charge >= 0.3 is 0 Å². The lowest BCUT2D eigenvalue weighted by molar-refractivity contribution is 0.669. The van der Waals surface area contributed by atoms with Crippen LogP contribution in [0.4, 0.5) is 17.1 Å². The molecule has 178 valence electrons. The van der Waals surface area contributed by atoms with Gasteiger partial charge in [-0.3, -0.25) is 0 Å². The smallest absolute Gasteiger partial charge is 0.137 e. The first-order valence-corrected chi connectivity index (χ1v) is 12.9. The number of nitrogens with zero attached hydrogens (tertiary/aromatic N) is 1. The van der Waals surface area contributed by atoms with Crippen LogP contribution in [0.2, 0.25) is 0 Å². The molecule has 8 rings (SSSR count). The van der Waals surface area contributed by atoms with Gasteiger partial charge in [-0.2, -0.15) is 0 Å². The fourth-order valence-corrected chi connectivity index (χ4v) is 5.90. The molecule has 0 saturated heterocycles. The van der Waals surface area contributed by atoms with Gasteiger partial charge in [-0.1, -0.05) is 97.1 Å². The minimum absolute atomic E-state index is 0.889. The molecule has 0 aliphatic carbocycles. The van der Waals surface area contributed by atoms with Crippen LogP contribution < -0.4 is 4.90 Å². The summed E-state index contributed by atoms with van der Waals surface area (Å²) in [4.78, 5) is 2.35. The molecule has 0 unspecified atom stereocenters. The standard InChI is InChI=1S/C36H23NO/c1-2-12-26(13-3-1)37(33-22-25-11-5-6-14-28(25)30-16-8-9-17-31(30)33)27-19-20-32-35(23-27)38-34-21-18-24-10-4-7-15-29(24)36(32)34/h1-23H. The van der Waals surface area contributed by atoms with Gasteiger partial charge in [-0.05, 0) is 63.3 Å². The maximum atomic E-state index is 6.45. The lowest BCUT2D eigenvalue weighted by Crippen LogP contribution is -2.10. The van der Waals surface area contributed by atoms with E-state index in [0.29, 0.717) is 0 Å². The molecule has 0 radical (unpaired) electrons. The van der Waals surface area contributed by atoms with Crippen molar-refractivity contribution in [1.82, 2.24) is 0 Å². The molecule has 1 aromatic heterocycles. The summed E-state index contributed by atoms with van der Waals surface area (Å²) in [5.74, 6) is 0. The first-order chi connectivity index (χ1) is 18.8. The minimum Gasteiger partial charge on any atom is -0.456 e. The molecule has 0 fully saturated rings. The number of benzene rings is 7. The average molecular weight is 486 g/mol. The summed E-state index contributed by atoms with van der Waals surface area (Å²) >= 11 is 0. The predicted octanol–water partition coefficient (Wildman–Crippen LogP) is 10.5. The Kier molecular flexibility index (Phi) is 4.55. The van der Waals surface area contributed by atoms with Crippen molar-refractivity contribution in [3.63, 3.8) is 0 Å². The van der Waals surface area contributed by atoms with Crippen LogP contribution in [0.25, 0.3) is 54.3 Å². The van der Waals surface area contributed by atoms with Gasteiger partial charge in [0.05, 0.1) is 5.69 Å². The van der Waals surface area contributed by atoms with Crippen LogP contribution >= 0.6 is 0 Å². The normalized spacial score (nSPS) is 11.7. The van der Waals surface area contributed by atoms with E-state index in [4.69, 9.17) is 4.42 Å². The largest absolute Gasteiger partial charge is 0.456 e. The summed E-state index contributed by atoms with van der Waals surface area (Å²) < 4.78 is 6.45. The van der Waals surface area contributed by atoms with E-state index in [1.165, 1.54) is 37.7 Å². The van der Waals surface area contributed by atoms with Crippen molar-refractivity contribution in [2.75, 3.05) is 4.90 Å². The highest BCUT2D eigenvalue weighted by molar-refractivity contribution is 6.19. The van der Waals surface area contributed by atoms with Gasteiger partial charge in [-0.15, -0.1) is 0 Å². The molecule has 0 bridgehead atoms. The van der Waals surface area contributed by atoms with Gasteiger partial charge in [0.1, 0.15) is 11.2 Å². The van der Waals surface area contributed by atoms with Gasteiger partial charge in [0.2, 0.25) is 0 Å². The van der Waals surface area contributed by atoms with Gasteiger partial charge in [0, 0.05) is 33.6 Å². The molecule has 2 heteroatoms. The minimum atomic E-state index is 0.889. The van der Waals surface area contributed by atoms with Crippen LogP contribution in [0.3, 0.4) is 0 Å². The SMILES string of the molecule is c1ccc(N(c2ccc3c(c2)oc2ccc4ccccc4c23)c2cc3ccccc3c3ccccc23)cc1. The molecule has 2 nitrogen and oxygen atoms in total. The number of hydrogen-bond donors (Lipinski definition) is 0. The van der Waals surface area contributed by atoms with Crippen LogP contribution in [0.5, 0.6) is 0 Å². The molecule has 0 atom stereocenters. The van der Waals surface area contributed by atoms with Crippen molar-refractivity contribution in [3.8, 4) is 0 Å². The van der Waals surface area contributed by atoms with Gasteiger partial charge in [-0.25, -0.2) is 0 Å². The number of fused-ring (bicyclic) bond motifs is 8. The maximum absolute atomic E-state index is 6.45. The Morgan fingerprint density at radius 1 is 0.395 bits per heavy atom. The summed E-state index contributed by atoms with van der Waals surface area (Å²) in [5.41, 5.74) is 5.12. The molecular weight excluding hydrogens is 462 g/mol. The van der Waals surface area contributed by atoms with Crippen molar-refractivity contribution in [2.24, 2.45) is 0 Å². The third kappa shape index (κ3) is 3.14. The van der Waals surface area contributed by atoms with Crippen molar-refractivity contribution in [3.05, 3.63) is 140 Å². The van der Waals surface area contributed by atoms with Crippen molar-refractivity contribution in [1.29, 1.82) is 0 Å². The molecule has 0 aliphatic heterocycles. The second-order valence-corrected chi connectivity index (χ2v) is 9.78. The Morgan fingerprint density at radius 3 is 1.92 bits per heavy atom. The van der Waals surface area contributed by atoms with E-state index in [0.717, 1.165) is 33.6 Å². The molecule has 0 amide bonds. The molecule has 0 spiro atoms. The van der Waals surface area contributed by atoms with Crippen LogP contribution in [0.15, 0.2) is 144 Å². The number of rotatable bonds is 3. The quantitative estimate of drug-likeness (QED) is 0.231. The number of furan rings is 1. The summed E-state index contributed by atoms with van der Waals surface area (Å²) in [6, 6.07) is 49.6. The summed E-state index contributed by atoms with van der Waals surface area (Å²) in [5, 5.41) is 9.70. The van der Waals surface area contributed by atoms with Crippen molar-refractivity contribution >= 4 is 71.3 Å². The zero-order chi connectivity index (χ0) is 25.1. The molecular formula is C36H23NO.